The second-order valence-corrected chi connectivity index (χ2v) is 5.01. The summed E-state index contributed by atoms with van der Waals surface area (Å²) in [4.78, 5) is 8.97. The third-order valence-corrected chi connectivity index (χ3v) is 3.03. The van der Waals surface area contributed by atoms with Gasteiger partial charge >= 0.3 is 0 Å². The lowest BCUT2D eigenvalue weighted by Crippen LogP contribution is -2.19. The predicted octanol–water partition coefficient (Wildman–Crippen LogP) is 2.73. The molecule has 92 valence electrons. The standard InChI is InChI=1S/C12H17ClN4/c1-7(2)11-16-10-4-9(13)6-15-12(10)17(11)8(3)5-14/h4,6-8H,5,14H2,1-3H3. The van der Waals surface area contributed by atoms with E-state index in [0.29, 0.717) is 17.5 Å². The van der Waals surface area contributed by atoms with Gasteiger partial charge in [0.25, 0.3) is 0 Å². The fourth-order valence-corrected chi connectivity index (χ4v) is 2.07. The number of imidazole rings is 1. The zero-order valence-electron chi connectivity index (χ0n) is 10.3. The molecule has 0 aliphatic heterocycles. The average molecular weight is 253 g/mol. The van der Waals surface area contributed by atoms with E-state index < -0.39 is 0 Å². The minimum atomic E-state index is 0.186. The molecule has 2 heterocycles. The van der Waals surface area contributed by atoms with E-state index in [9.17, 15) is 0 Å². The molecule has 2 aromatic heterocycles. The number of pyridine rings is 1. The summed E-state index contributed by atoms with van der Waals surface area (Å²) in [5.74, 6) is 1.34. The molecule has 0 aliphatic rings. The van der Waals surface area contributed by atoms with Crippen molar-refractivity contribution < 1.29 is 0 Å². The van der Waals surface area contributed by atoms with Crippen molar-refractivity contribution in [2.45, 2.75) is 32.7 Å². The monoisotopic (exact) mass is 252 g/mol. The van der Waals surface area contributed by atoms with Gasteiger partial charge in [-0.2, -0.15) is 0 Å². The van der Waals surface area contributed by atoms with Crippen molar-refractivity contribution in [1.82, 2.24) is 14.5 Å². The number of aromatic nitrogens is 3. The number of hydrogen-bond donors (Lipinski definition) is 1. The summed E-state index contributed by atoms with van der Waals surface area (Å²) in [6.45, 7) is 6.86. The summed E-state index contributed by atoms with van der Waals surface area (Å²) in [7, 11) is 0. The van der Waals surface area contributed by atoms with E-state index in [0.717, 1.165) is 17.0 Å². The number of fused-ring (bicyclic) bond motifs is 1. The number of halogens is 1. The second-order valence-electron chi connectivity index (χ2n) is 4.58. The maximum Gasteiger partial charge on any atom is 0.160 e. The van der Waals surface area contributed by atoms with Crippen LogP contribution in [0.2, 0.25) is 5.02 Å². The molecular weight excluding hydrogens is 236 g/mol. The SMILES string of the molecule is CC(C)c1nc2cc(Cl)cnc2n1C(C)CN. The highest BCUT2D eigenvalue weighted by atomic mass is 35.5. The largest absolute Gasteiger partial charge is 0.328 e. The molecule has 0 aromatic carbocycles. The first-order valence-electron chi connectivity index (χ1n) is 5.78. The van der Waals surface area contributed by atoms with E-state index >= 15 is 0 Å². The lowest BCUT2D eigenvalue weighted by atomic mass is 10.2. The van der Waals surface area contributed by atoms with Crippen LogP contribution < -0.4 is 5.73 Å². The topological polar surface area (TPSA) is 56.7 Å². The average Bonchev–Trinajstić information content (AvgIpc) is 2.66. The molecule has 0 bridgehead atoms. The molecule has 2 aromatic rings. The molecule has 0 fully saturated rings. The summed E-state index contributed by atoms with van der Waals surface area (Å²) < 4.78 is 2.11. The number of nitrogens with two attached hydrogens (primary N) is 1. The van der Waals surface area contributed by atoms with Crippen LogP contribution in [0.1, 0.15) is 38.6 Å². The number of rotatable bonds is 3. The van der Waals surface area contributed by atoms with Crippen molar-refractivity contribution in [3.63, 3.8) is 0 Å². The first kappa shape index (κ1) is 12.3. The van der Waals surface area contributed by atoms with E-state index in [1.165, 1.54) is 0 Å². The van der Waals surface area contributed by atoms with Gasteiger partial charge in [0, 0.05) is 24.7 Å². The third kappa shape index (κ3) is 2.15. The first-order chi connectivity index (χ1) is 8.04. The van der Waals surface area contributed by atoms with Crippen LogP contribution in [-0.4, -0.2) is 21.1 Å². The van der Waals surface area contributed by atoms with Crippen LogP contribution in [-0.2, 0) is 0 Å². The molecule has 2 N–H and O–H groups in total. The Kier molecular flexibility index (Phi) is 3.35. The van der Waals surface area contributed by atoms with Gasteiger partial charge in [-0.15, -0.1) is 0 Å². The molecule has 0 saturated carbocycles. The van der Waals surface area contributed by atoms with E-state index in [4.69, 9.17) is 17.3 Å². The van der Waals surface area contributed by atoms with Gasteiger partial charge in [-0.05, 0) is 13.0 Å². The molecule has 1 unspecified atom stereocenters. The molecule has 0 amide bonds. The molecule has 0 radical (unpaired) electrons. The Morgan fingerprint density at radius 3 is 2.71 bits per heavy atom. The van der Waals surface area contributed by atoms with Crippen molar-refractivity contribution in [1.29, 1.82) is 0 Å². The maximum absolute atomic E-state index is 5.94. The van der Waals surface area contributed by atoms with Gasteiger partial charge in [-0.1, -0.05) is 25.4 Å². The first-order valence-corrected chi connectivity index (χ1v) is 6.15. The van der Waals surface area contributed by atoms with Crippen LogP contribution in [0.5, 0.6) is 0 Å². The van der Waals surface area contributed by atoms with Crippen molar-refractivity contribution in [3.05, 3.63) is 23.1 Å². The van der Waals surface area contributed by atoms with Gasteiger partial charge < -0.3 is 10.3 Å². The maximum atomic E-state index is 5.94. The van der Waals surface area contributed by atoms with Crippen molar-refractivity contribution in [3.8, 4) is 0 Å². The van der Waals surface area contributed by atoms with E-state index in [1.807, 2.05) is 6.07 Å². The minimum absolute atomic E-state index is 0.186. The highest BCUT2D eigenvalue weighted by Crippen LogP contribution is 2.25. The van der Waals surface area contributed by atoms with Crippen LogP contribution in [0.4, 0.5) is 0 Å². The minimum Gasteiger partial charge on any atom is -0.328 e. The van der Waals surface area contributed by atoms with E-state index in [1.54, 1.807) is 6.20 Å². The van der Waals surface area contributed by atoms with Crippen LogP contribution in [0.25, 0.3) is 11.2 Å². The lowest BCUT2D eigenvalue weighted by molar-refractivity contribution is 0.529. The molecule has 5 heteroatoms. The number of nitrogens with zero attached hydrogens (tertiary/aromatic N) is 3. The molecule has 17 heavy (non-hydrogen) atoms. The number of hydrogen-bond acceptors (Lipinski definition) is 3. The van der Waals surface area contributed by atoms with Gasteiger partial charge in [0.05, 0.1) is 5.02 Å². The Bertz CT molecular complexity index is 533. The summed E-state index contributed by atoms with van der Waals surface area (Å²) >= 11 is 5.94. The fourth-order valence-electron chi connectivity index (χ4n) is 1.92. The molecule has 0 spiro atoms. The zero-order valence-corrected chi connectivity index (χ0v) is 11.1. The van der Waals surface area contributed by atoms with E-state index in [-0.39, 0.29) is 6.04 Å². The lowest BCUT2D eigenvalue weighted by Gasteiger charge is -2.16. The third-order valence-electron chi connectivity index (χ3n) is 2.82. The Morgan fingerprint density at radius 1 is 1.41 bits per heavy atom. The van der Waals surface area contributed by atoms with Crippen LogP contribution in [0.3, 0.4) is 0 Å². The summed E-state index contributed by atoms with van der Waals surface area (Å²) in [6, 6.07) is 2.03. The molecule has 1 atom stereocenters. The summed E-state index contributed by atoms with van der Waals surface area (Å²) in [5.41, 5.74) is 7.44. The molecular formula is C12H17ClN4. The molecule has 0 saturated heterocycles. The van der Waals surface area contributed by atoms with Gasteiger partial charge in [-0.25, -0.2) is 9.97 Å². The Balaban J connectivity index is 2.71. The summed E-state index contributed by atoms with van der Waals surface area (Å²) in [5, 5.41) is 0.609. The Hall–Kier alpha value is -1.13. The van der Waals surface area contributed by atoms with Crippen LogP contribution >= 0.6 is 11.6 Å². The van der Waals surface area contributed by atoms with Crippen molar-refractivity contribution in [2.24, 2.45) is 5.73 Å². The normalized spacial score (nSPS) is 13.5. The molecule has 2 rings (SSSR count). The van der Waals surface area contributed by atoms with Crippen molar-refractivity contribution >= 4 is 22.8 Å². The zero-order chi connectivity index (χ0) is 12.6. The highest BCUT2D eigenvalue weighted by Gasteiger charge is 2.18. The Morgan fingerprint density at radius 2 is 2.12 bits per heavy atom. The molecule has 0 aliphatic carbocycles. The molecule has 4 nitrogen and oxygen atoms in total. The predicted molar refractivity (Wildman–Crippen MR) is 70.4 cm³/mol. The van der Waals surface area contributed by atoms with E-state index in [2.05, 4.69) is 35.3 Å². The van der Waals surface area contributed by atoms with Crippen molar-refractivity contribution in [2.75, 3.05) is 6.54 Å². The van der Waals surface area contributed by atoms with Gasteiger partial charge in [0.2, 0.25) is 0 Å². The quantitative estimate of drug-likeness (QED) is 0.914. The Labute approximate surface area is 106 Å². The van der Waals surface area contributed by atoms with Crippen LogP contribution in [0.15, 0.2) is 12.3 Å². The van der Waals surface area contributed by atoms with Crippen LogP contribution in [0, 0.1) is 0 Å². The van der Waals surface area contributed by atoms with Gasteiger partial charge in [0.15, 0.2) is 5.65 Å². The summed E-state index contributed by atoms with van der Waals surface area (Å²) in [6.07, 6.45) is 1.65. The van der Waals surface area contributed by atoms with Gasteiger partial charge in [0.1, 0.15) is 11.3 Å². The second kappa shape index (κ2) is 4.63. The smallest absolute Gasteiger partial charge is 0.160 e. The highest BCUT2D eigenvalue weighted by molar-refractivity contribution is 6.31. The van der Waals surface area contributed by atoms with Gasteiger partial charge in [-0.3, -0.25) is 0 Å². The fraction of sp³-hybridized carbons (Fsp3) is 0.500.